The van der Waals surface area contributed by atoms with E-state index >= 15 is 0 Å². The van der Waals surface area contributed by atoms with Gasteiger partial charge in [-0.3, -0.25) is 4.79 Å². The molecule has 0 aromatic heterocycles. The van der Waals surface area contributed by atoms with E-state index in [1.807, 2.05) is 0 Å². The summed E-state index contributed by atoms with van der Waals surface area (Å²) in [6.07, 6.45) is 12.2. The van der Waals surface area contributed by atoms with E-state index in [1.165, 1.54) is 38.5 Å². The van der Waals surface area contributed by atoms with Crippen molar-refractivity contribution in [3.63, 3.8) is 0 Å². The van der Waals surface area contributed by atoms with Gasteiger partial charge in [0.25, 0.3) is 0 Å². The normalized spacial score (nSPS) is 34.9. The Morgan fingerprint density at radius 1 is 1.00 bits per heavy atom. The topological polar surface area (TPSA) is 49.3 Å². The van der Waals surface area contributed by atoms with Crippen molar-refractivity contribution >= 4 is 5.97 Å². The van der Waals surface area contributed by atoms with Crippen LogP contribution < -0.4 is 5.32 Å². The van der Waals surface area contributed by atoms with Gasteiger partial charge in [0.05, 0.1) is 5.92 Å². The van der Waals surface area contributed by atoms with E-state index in [0.29, 0.717) is 5.92 Å². The van der Waals surface area contributed by atoms with Crippen molar-refractivity contribution in [3.05, 3.63) is 0 Å². The molecule has 0 radical (unpaired) electrons. The molecule has 2 N–H and O–H groups in total. The first-order chi connectivity index (χ1) is 9.69. The standard InChI is InChI=1S/C17H31NO2/c1-2-3-13-6-10-16(11-7-13)18-12-14-4-8-15(9-5-14)17(19)20/h13-16,18H,2-12H2,1H3,(H,19,20). The van der Waals surface area contributed by atoms with Crippen LogP contribution in [0.15, 0.2) is 0 Å². The van der Waals surface area contributed by atoms with Gasteiger partial charge in [-0.1, -0.05) is 19.8 Å². The fraction of sp³-hybridized carbons (Fsp3) is 0.941. The van der Waals surface area contributed by atoms with E-state index in [1.54, 1.807) is 0 Å². The van der Waals surface area contributed by atoms with Crippen molar-refractivity contribution in [1.29, 1.82) is 0 Å². The zero-order chi connectivity index (χ0) is 14.4. The molecular formula is C17H31NO2. The van der Waals surface area contributed by atoms with Crippen molar-refractivity contribution in [2.45, 2.75) is 77.2 Å². The molecule has 0 aliphatic heterocycles. The smallest absolute Gasteiger partial charge is 0.306 e. The minimum absolute atomic E-state index is 0.0734. The Morgan fingerprint density at radius 2 is 1.60 bits per heavy atom. The largest absolute Gasteiger partial charge is 0.481 e. The minimum atomic E-state index is -0.592. The fourth-order valence-corrected chi connectivity index (χ4v) is 4.01. The van der Waals surface area contributed by atoms with Crippen molar-refractivity contribution in [2.24, 2.45) is 17.8 Å². The summed E-state index contributed by atoms with van der Waals surface area (Å²) in [5.74, 6) is 1.02. The number of carboxylic acid groups (broad SMARTS) is 1. The molecule has 0 unspecified atom stereocenters. The van der Waals surface area contributed by atoms with Crippen molar-refractivity contribution in [2.75, 3.05) is 6.54 Å². The molecule has 2 aliphatic carbocycles. The van der Waals surface area contributed by atoms with Crippen LogP contribution in [-0.4, -0.2) is 23.7 Å². The monoisotopic (exact) mass is 281 g/mol. The van der Waals surface area contributed by atoms with Crippen LogP contribution in [-0.2, 0) is 4.79 Å². The molecule has 2 aliphatic rings. The first-order valence-electron chi connectivity index (χ1n) is 8.65. The zero-order valence-corrected chi connectivity index (χ0v) is 12.9. The highest BCUT2D eigenvalue weighted by molar-refractivity contribution is 5.69. The first kappa shape index (κ1) is 15.8. The highest BCUT2D eigenvalue weighted by Crippen LogP contribution is 2.30. The number of aliphatic carboxylic acids is 1. The Labute approximate surface area is 123 Å². The Balaban J connectivity index is 1.59. The predicted octanol–water partition coefficient (Wildman–Crippen LogP) is 3.83. The lowest BCUT2D eigenvalue weighted by molar-refractivity contribution is -0.143. The summed E-state index contributed by atoms with van der Waals surface area (Å²) in [6.45, 7) is 3.40. The van der Waals surface area contributed by atoms with E-state index in [9.17, 15) is 4.79 Å². The van der Waals surface area contributed by atoms with Gasteiger partial charge in [0, 0.05) is 6.04 Å². The molecule has 3 heteroatoms. The average molecular weight is 281 g/mol. The van der Waals surface area contributed by atoms with E-state index < -0.39 is 5.97 Å². The van der Waals surface area contributed by atoms with Crippen LogP contribution >= 0.6 is 0 Å². The molecule has 0 aromatic rings. The maximum atomic E-state index is 10.9. The highest BCUT2D eigenvalue weighted by Gasteiger charge is 2.27. The van der Waals surface area contributed by atoms with Gasteiger partial charge in [0.15, 0.2) is 0 Å². The quantitative estimate of drug-likeness (QED) is 0.778. The van der Waals surface area contributed by atoms with E-state index in [-0.39, 0.29) is 5.92 Å². The number of nitrogens with one attached hydrogen (secondary N) is 1. The van der Waals surface area contributed by atoms with Gasteiger partial charge in [-0.15, -0.1) is 0 Å². The third kappa shape index (κ3) is 4.76. The predicted molar refractivity (Wildman–Crippen MR) is 81.7 cm³/mol. The fourth-order valence-electron chi connectivity index (χ4n) is 4.01. The molecule has 116 valence electrons. The van der Waals surface area contributed by atoms with Gasteiger partial charge >= 0.3 is 5.97 Å². The van der Waals surface area contributed by atoms with Crippen molar-refractivity contribution in [3.8, 4) is 0 Å². The molecule has 0 spiro atoms. The van der Waals surface area contributed by atoms with Gasteiger partial charge in [-0.25, -0.2) is 0 Å². The summed E-state index contributed by atoms with van der Waals surface area (Å²) in [4.78, 5) is 10.9. The van der Waals surface area contributed by atoms with Crippen molar-refractivity contribution in [1.82, 2.24) is 5.32 Å². The third-order valence-electron chi connectivity index (χ3n) is 5.43. The number of carbonyl (C=O) groups is 1. The van der Waals surface area contributed by atoms with Gasteiger partial charge in [0.2, 0.25) is 0 Å². The maximum absolute atomic E-state index is 10.9. The summed E-state index contributed by atoms with van der Waals surface area (Å²) in [6, 6.07) is 0.723. The van der Waals surface area contributed by atoms with Crippen LogP contribution in [0.3, 0.4) is 0 Å². The average Bonchev–Trinajstić information content (AvgIpc) is 2.47. The Kier molecular flexibility index (Phi) is 6.34. The lowest BCUT2D eigenvalue weighted by Gasteiger charge is -2.32. The molecule has 2 rings (SSSR count). The van der Waals surface area contributed by atoms with Crippen LogP contribution in [0.4, 0.5) is 0 Å². The molecule has 0 bridgehead atoms. The SMILES string of the molecule is CCCC1CCC(NCC2CCC(C(=O)O)CC2)CC1. The minimum Gasteiger partial charge on any atom is -0.481 e. The van der Waals surface area contributed by atoms with E-state index in [4.69, 9.17) is 5.11 Å². The van der Waals surface area contributed by atoms with Crippen LogP contribution in [0.5, 0.6) is 0 Å². The Bertz CT molecular complexity index is 289. The van der Waals surface area contributed by atoms with Gasteiger partial charge in [-0.05, 0) is 69.7 Å². The third-order valence-corrected chi connectivity index (χ3v) is 5.43. The molecule has 3 nitrogen and oxygen atoms in total. The van der Waals surface area contributed by atoms with Crippen molar-refractivity contribution < 1.29 is 9.90 Å². The maximum Gasteiger partial charge on any atom is 0.306 e. The van der Waals surface area contributed by atoms with Crippen LogP contribution in [0.25, 0.3) is 0 Å². The molecule has 0 saturated heterocycles. The molecule has 2 saturated carbocycles. The van der Waals surface area contributed by atoms with Crippen LogP contribution in [0, 0.1) is 17.8 Å². The summed E-state index contributed by atoms with van der Waals surface area (Å²) in [7, 11) is 0. The molecule has 2 fully saturated rings. The molecule has 0 atom stereocenters. The number of hydrogen-bond donors (Lipinski definition) is 2. The van der Waals surface area contributed by atoms with Gasteiger partial charge < -0.3 is 10.4 Å². The van der Waals surface area contributed by atoms with Gasteiger partial charge in [-0.2, -0.15) is 0 Å². The zero-order valence-electron chi connectivity index (χ0n) is 12.9. The number of hydrogen-bond acceptors (Lipinski definition) is 2. The van der Waals surface area contributed by atoms with Crippen LogP contribution in [0.2, 0.25) is 0 Å². The second kappa shape index (κ2) is 8.02. The summed E-state index contributed by atoms with van der Waals surface area (Å²) in [5.41, 5.74) is 0. The summed E-state index contributed by atoms with van der Waals surface area (Å²) >= 11 is 0. The first-order valence-corrected chi connectivity index (χ1v) is 8.65. The number of rotatable bonds is 6. The Hall–Kier alpha value is -0.570. The van der Waals surface area contributed by atoms with Gasteiger partial charge in [0.1, 0.15) is 0 Å². The second-order valence-electron chi connectivity index (χ2n) is 6.97. The summed E-state index contributed by atoms with van der Waals surface area (Å²) in [5, 5.41) is 12.8. The Morgan fingerprint density at radius 3 is 2.15 bits per heavy atom. The highest BCUT2D eigenvalue weighted by atomic mass is 16.4. The van der Waals surface area contributed by atoms with Crippen LogP contribution in [0.1, 0.15) is 71.1 Å². The number of carboxylic acids is 1. The molecule has 20 heavy (non-hydrogen) atoms. The second-order valence-corrected chi connectivity index (χ2v) is 6.97. The summed E-state index contributed by atoms with van der Waals surface area (Å²) < 4.78 is 0. The van der Waals surface area contributed by atoms with E-state index in [0.717, 1.165) is 44.2 Å². The molecular weight excluding hydrogens is 250 g/mol. The lowest BCUT2D eigenvalue weighted by Crippen LogP contribution is -2.37. The molecule has 0 amide bonds. The molecule has 0 heterocycles. The molecule has 0 aromatic carbocycles. The lowest BCUT2D eigenvalue weighted by atomic mass is 9.81. The van der Waals surface area contributed by atoms with E-state index in [2.05, 4.69) is 12.2 Å².